The van der Waals surface area contributed by atoms with Gasteiger partial charge in [-0.15, -0.1) is 0 Å². The van der Waals surface area contributed by atoms with Crippen LogP contribution >= 0.6 is 0 Å². The van der Waals surface area contributed by atoms with Crippen LogP contribution in [0.25, 0.3) is 0 Å². The van der Waals surface area contributed by atoms with E-state index in [1.54, 1.807) is 0 Å². The molecule has 0 aromatic rings. The molecule has 1 saturated heterocycles. The van der Waals surface area contributed by atoms with Gasteiger partial charge in [0.1, 0.15) is 0 Å². The fourth-order valence-corrected chi connectivity index (χ4v) is 1.94. The summed E-state index contributed by atoms with van der Waals surface area (Å²) in [6, 6.07) is 0.918. The highest BCUT2D eigenvalue weighted by Gasteiger charge is 2.33. The van der Waals surface area contributed by atoms with Crippen LogP contribution in [0.15, 0.2) is 0 Å². The van der Waals surface area contributed by atoms with Gasteiger partial charge in [0.05, 0.1) is 5.60 Å². The van der Waals surface area contributed by atoms with Crippen molar-refractivity contribution in [1.82, 2.24) is 4.90 Å². The van der Waals surface area contributed by atoms with Crippen LogP contribution in [0.3, 0.4) is 0 Å². The third-order valence-corrected chi connectivity index (χ3v) is 3.12. The zero-order chi connectivity index (χ0) is 9.35. The minimum atomic E-state index is -0.571. The molecule has 0 aromatic heterocycles. The Morgan fingerprint density at radius 1 is 1.50 bits per heavy atom. The number of likely N-dealkylation sites (tertiary alicyclic amines) is 1. The van der Waals surface area contributed by atoms with E-state index in [1.165, 1.54) is 12.8 Å². The first-order valence-corrected chi connectivity index (χ1v) is 4.91. The molecule has 2 unspecified atom stereocenters. The summed E-state index contributed by atoms with van der Waals surface area (Å²) in [6.07, 6.45) is 2.56. The molecule has 1 fully saturated rings. The van der Waals surface area contributed by atoms with Crippen molar-refractivity contribution in [3.63, 3.8) is 0 Å². The van der Waals surface area contributed by atoms with Crippen LogP contribution in [0.4, 0.5) is 0 Å². The monoisotopic (exact) mass is 171 g/mol. The maximum absolute atomic E-state index is 9.82. The van der Waals surface area contributed by atoms with Gasteiger partial charge < -0.3 is 5.11 Å². The standard InChI is InChI=1S/C10H21NO/c1-8-6-5-7-11(8)9(2)10(3,4)12/h8-9,12H,5-7H2,1-4H3. The van der Waals surface area contributed by atoms with E-state index in [-0.39, 0.29) is 6.04 Å². The first-order chi connectivity index (χ1) is 5.43. The molecule has 2 heteroatoms. The topological polar surface area (TPSA) is 23.5 Å². The van der Waals surface area contributed by atoms with Crippen LogP contribution in [-0.2, 0) is 0 Å². The number of hydrogen-bond acceptors (Lipinski definition) is 2. The second-order valence-corrected chi connectivity index (χ2v) is 4.56. The molecule has 0 aromatic carbocycles. The molecule has 0 bridgehead atoms. The molecular formula is C10H21NO. The first kappa shape index (κ1) is 10.0. The quantitative estimate of drug-likeness (QED) is 0.682. The zero-order valence-corrected chi connectivity index (χ0v) is 8.67. The van der Waals surface area contributed by atoms with Gasteiger partial charge in [-0.1, -0.05) is 0 Å². The van der Waals surface area contributed by atoms with Gasteiger partial charge >= 0.3 is 0 Å². The molecule has 0 aliphatic carbocycles. The van der Waals surface area contributed by atoms with Crippen LogP contribution in [0.2, 0.25) is 0 Å². The molecule has 1 N–H and O–H groups in total. The fraction of sp³-hybridized carbons (Fsp3) is 1.00. The molecule has 12 heavy (non-hydrogen) atoms. The molecule has 0 radical (unpaired) electrons. The lowest BCUT2D eigenvalue weighted by atomic mass is 9.99. The molecular weight excluding hydrogens is 150 g/mol. The Morgan fingerprint density at radius 3 is 2.42 bits per heavy atom. The maximum atomic E-state index is 9.82. The highest BCUT2D eigenvalue weighted by molar-refractivity contribution is 4.88. The SMILES string of the molecule is CC1CCCN1C(C)C(C)(C)O. The average Bonchev–Trinajstić information content (AvgIpc) is 2.31. The Balaban J connectivity index is 2.57. The van der Waals surface area contributed by atoms with E-state index in [0.29, 0.717) is 6.04 Å². The summed E-state index contributed by atoms with van der Waals surface area (Å²) in [5.41, 5.74) is -0.571. The summed E-state index contributed by atoms with van der Waals surface area (Å²) in [4.78, 5) is 2.40. The smallest absolute Gasteiger partial charge is 0.0743 e. The molecule has 72 valence electrons. The van der Waals surface area contributed by atoms with Crippen molar-refractivity contribution in [3.8, 4) is 0 Å². The molecule has 1 heterocycles. The van der Waals surface area contributed by atoms with Gasteiger partial charge in [0, 0.05) is 12.1 Å². The van der Waals surface area contributed by atoms with E-state index in [1.807, 2.05) is 13.8 Å². The van der Waals surface area contributed by atoms with E-state index in [4.69, 9.17) is 0 Å². The molecule has 2 atom stereocenters. The first-order valence-electron chi connectivity index (χ1n) is 4.91. The number of hydrogen-bond donors (Lipinski definition) is 1. The normalized spacial score (nSPS) is 29.2. The number of nitrogens with zero attached hydrogens (tertiary/aromatic N) is 1. The molecule has 0 spiro atoms. The van der Waals surface area contributed by atoms with Crippen molar-refractivity contribution in [2.45, 2.75) is 58.2 Å². The average molecular weight is 171 g/mol. The van der Waals surface area contributed by atoms with Gasteiger partial charge in [-0.3, -0.25) is 4.90 Å². The lowest BCUT2D eigenvalue weighted by Gasteiger charge is -2.36. The predicted molar refractivity (Wildman–Crippen MR) is 51.2 cm³/mol. The minimum absolute atomic E-state index is 0.273. The maximum Gasteiger partial charge on any atom is 0.0743 e. The third-order valence-electron chi connectivity index (χ3n) is 3.12. The van der Waals surface area contributed by atoms with Crippen LogP contribution in [0, 0.1) is 0 Å². The van der Waals surface area contributed by atoms with Gasteiger partial charge in [-0.2, -0.15) is 0 Å². The van der Waals surface area contributed by atoms with Gasteiger partial charge in [0.2, 0.25) is 0 Å². The Labute approximate surface area is 75.6 Å². The highest BCUT2D eigenvalue weighted by atomic mass is 16.3. The second kappa shape index (κ2) is 3.35. The molecule has 1 rings (SSSR count). The van der Waals surface area contributed by atoms with Crippen LogP contribution in [-0.4, -0.2) is 34.2 Å². The number of aliphatic hydroxyl groups is 1. The Bertz CT molecular complexity index is 150. The van der Waals surface area contributed by atoms with Crippen molar-refractivity contribution in [2.75, 3.05) is 6.54 Å². The van der Waals surface area contributed by atoms with Crippen molar-refractivity contribution in [3.05, 3.63) is 0 Å². The Hall–Kier alpha value is -0.0800. The van der Waals surface area contributed by atoms with E-state index in [0.717, 1.165) is 6.54 Å². The molecule has 1 aliphatic rings. The van der Waals surface area contributed by atoms with Crippen molar-refractivity contribution in [1.29, 1.82) is 0 Å². The Morgan fingerprint density at radius 2 is 2.08 bits per heavy atom. The summed E-state index contributed by atoms with van der Waals surface area (Å²) in [6.45, 7) is 9.29. The van der Waals surface area contributed by atoms with Gasteiger partial charge in [0.15, 0.2) is 0 Å². The van der Waals surface area contributed by atoms with E-state index < -0.39 is 5.60 Å². The summed E-state index contributed by atoms with van der Waals surface area (Å²) < 4.78 is 0. The van der Waals surface area contributed by atoms with Crippen molar-refractivity contribution < 1.29 is 5.11 Å². The van der Waals surface area contributed by atoms with E-state index in [2.05, 4.69) is 18.7 Å². The zero-order valence-electron chi connectivity index (χ0n) is 8.67. The largest absolute Gasteiger partial charge is 0.389 e. The third kappa shape index (κ3) is 1.99. The lowest BCUT2D eigenvalue weighted by Crippen LogP contribution is -2.48. The van der Waals surface area contributed by atoms with Crippen LogP contribution < -0.4 is 0 Å². The lowest BCUT2D eigenvalue weighted by molar-refractivity contribution is -0.0143. The fourth-order valence-electron chi connectivity index (χ4n) is 1.94. The molecule has 2 nitrogen and oxygen atoms in total. The van der Waals surface area contributed by atoms with E-state index in [9.17, 15) is 5.11 Å². The van der Waals surface area contributed by atoms with Gasteiger partial charge in [0.25, 0.3) is 0 Å². The summed E-state index contributed by atoms with van der Waals surface area (Å²) >= 11 is 0. The van der Waals surface area contributed by atoms with Gasteiger partial charge in [-0.25, -0.2) is 0 Å². The van der Waals surface area contributed by atoms with Crippen LogP contribution in [0.1, 0.15) is 40.5 Å². The van der Waals surface area contributed by atoms with Crippen molar-refractivity contribution >= 4 is 0 Å². The second-order valence-electron chi connectivity index (χ2n) is 4.56. The van der Waals surface area contributed by atoms with E-state index >= 15 is 0 Å². The van der Waals surface area contributed by atoms with Crippen molar-refractivity contribution in [2.24, 2.45) is 0 Å². The highest BCUT2D eigenvalue weighted by Crippen LogP contribution is 2.24. The van der Waals surface area contributed by atoms with Crippen LogP contribution in [0.5, 0.6) is 0 Å². The molecule has 0 saturated carbocycles. The molecule has 0 amide bonds. The molecule has 1 aliphatic heterocycles. The van der Waals surface area contributed by atoms with Gasteiger partial charge in [-0.05, 0) is 47.1 Å². The summed E-state index contributed by atoms with van der Waals surface area (Å²) in [5, 5.41) is 9.82. The Kier molecular flexibility index (Phi) is 2.79. The number of rotatable bonds is 2. The minimum Gasteiger partial charge on any atom is -0.389 e. The predicted octanol–water partition coefficient (Wildman–Crippen LogP) is 1.63. The summed E-state index contributed by atoms with van der Waals surface area (Å²) in [7, 11) is 0. The summed E-state index contributed by atoms with van der Waals surface area (Å²) in [5.74, 6) is 0.